The molecule has 5 heteroatoms. The van der Waals surface area contributed by atoms with Gasteiger partial charge in [-0.1, -0.05) is 0 Å². The highest BCUT2D eigenvalue weighted by Crippen LogP contribution is 2.53. The van der Waals surface area contributed by atoms with Crippen molar-refractivity contribution in [3.05, 3.63) is 22.1 Å². The zero-order valence-corrected chi connectivity index (χ0v) is 9.74. The molecule has 0 bridgehead atoms. The number of aryl methyl sites for hydroxylation is 1. The SMILES string of the molecule is Cc1cc(Br)oc1C1(C(O)C(=O)O)CC1. The van der Waals surface area contributed by atoms with E-state index in [0.29, 0.717) is 23.3 Å². The fourth-order valence-electron chi connectivity index (χ4n) is 1.93. The number of rotatable bonds is 3. The highest BCUT2D eigenvalue weighted by atomic mass is 79.9. The number of hydrogen-bond acceptors (Lipinski definition) is 3. The van der Waals surface area contributed by atoms with Crippen LogP contribution < -0.4 is 0 Å². The summed E-state index contributed by atoms with van der Waals surface area (Å²) in [6, 6.07) is 1.78. The van der Waals surface area contributed by atoms with Crippen LogP contribution in [-0.2, 0) is 10.2 Å². The normalized spacial score (nSPS) is 19.9. The second kappa shape index (κ2) is 3.35. The Labute approximate surface area is 95.0 Å². The van der Waals surface area contributed by atoms with Crippen molar-refractivity contribution in [1.29, 1.82) is 0 Å². The first-order valence-corrected chi connectivity index (χ1v) is 5.44. The van der Waals surface area contributed by atoms with Gasteiger partial charge in [0.25, 0.3) is 0 Å². The molecule has 1 unspecified atom stereocenters. The Hall–Kier alpha value is -0.810. The molecule has 1 aliphatic carbocycles. The maximum atomic E-state index is 10.8. The van der Waals surface area contributed by atoms with Crippen LogP contribution in [0.5, 0.6) is 0 Å². The molecule has 1 atom stereocenters. The third kappa shape index (κ3) is 1.59. The van der Waals surface area contributed by atoms with E-state index >= 15 is 0 Å². The van der Waals surface area contributed by atoms with Crippen LogP contribution in [0, 0.1) is 6.92 Å². The standard InChI is InChI=1S/C10H11BrO4/c1-5-4-6(11)15-8(5)10(2-3-10)7(12)9(13)14/h4,7,12H,2-3H2,1H3,(H,13,14). The van der Waals surface area contributed by atoms with E-state index in [-0.39, 0.29) is 0 Å². The third-order valence-corrected chi connectivity index (χ3v) is 3.28. The summed E-state index contributed by atoms with van der Waals surface area (Å²) >= 11 is 3.19. The second-order valence-electron chi connectivity index (χ2n) is 3.96. The van der Waals surface area contributed by atoms with Crippen LogP contribution in [-0.4, -0.2) is 22.3 Å². The summed E-state index contributed by atoms with van der Waals surface area (Å²) in [6.45, 7) is 1.85. The van der Waals surface area contributed by atoms with Crippen molar-refractivity contribution in [3.8, 4) is 0 Å². The molecule has 2 rings (SSSR count). The molecule has 4 nitrogen and oxygen atoms in total. The molecule has 1 aromatic rings. The molecule has 0 aliphatic heterocycles. The fourth-order valence-corrected chi connectivity index (χ4v) is 2.44. The highest BCUT2D eigenvalue weighted by Gasteiger charge is 2.56. The largest absolute Gasteiger partial charge is 0.479 e. The summed E-state index contributed by atoms with van der Waals surface area (Å²) in [5.41, 5.74) is 0.168. The molecule has 1 fully saturated rings. The van der Waals surface area contributed by atoms with Crippen LogP contribution in [0.4, 0.5) is 0 Å². The summed E-state index contributed by atoms with van der Waals surface area (Å²) in [5, 5.41) is 18.4. The Morgan fingerprint density at radius 2 is 2.27 bits per heavy atom. The van der Waals surface area contributed by atoms with Gasteiger partial charge >= 0.3 is 5.97 Å². The number of halogens is 1. The first-order valence-electron chi connectivity index (χ1n) is 4.64. The molecular weight excluding hydrogens is 264 g/mol. The van der Waals surface area contributed by atoms with Gasteiger partial charge in [-0.2, -0.15) is 0 Å². The van der Waals surface area contributed by atoms with Crippen molar-refractivity contribution in [2.75, 3.05) is 0 Å². The molecule has 0 radical (unpaired) electrons. The van der Waals surface area contributed by atoms with Crippen molar-refractivity contribution in [3.63, 3.8) is 0 Å². The van der Waals surface area contributed by atoms with Crippen LogP contribution in [0.3, 0.4) is 0 Å². The zero-order chi connectivity index (χ0) is 11.2. The van der Waals surface area contributed by atoms with E-state index in [1.807, 2.05) is 6.92 Å². The van der Waals surface area contributed by atoms with Crippen LogP contribution in [0.15, 0.2) is 15.2 Å². The Morgan fingerprint density at radius 1 is 1.67 bits per heavy atom. The van der Waals surface area contributed by atoms with Crippen LogP contribution >= 0.6 is 15.9 Å². The number of furan rings is 1. The summed E-state index contributed by atoms with van der Waals surface area (Å²) in [7, 11) is 0. The van der Waals surface area contributed by atoms with Crippen LogP contribution in [0.1, 0.15) is 24.2 Å². The summed E-state index contributed by atoms with van der Waals surface area (Å²) in [4.78, 5) is 10.8. The smallest absolute Gasteiger partial charge is 0.333 e. The second-order valence-corrected chi connectivity index (χ2v) is 4.74. The average molecular weight is 275 g/mol. The van der Waals surface area contributed by atoms with Gasteiger partial charge in [0, 0.05) is 0 Å². The van der Waals surface area contributed by atoms with E-state index in [9.17, 15) is 9.90 Å². The molecule has 0 amide bonds. The first kappa shape index (κ1) is 10.7. The van der Waals surface area contributed by atoms with E-state index in [1.54, 1.807) is 6.07 Å². The Morgan fingerprint density at radius 3 is 2.60 bits per heavy atom. The lowest BCUT2D eigenvalue weighted by Gasteiger charge is -2.16. The zero-order valence-electron chi connectivity index (χ0n) is 8.16. The van der Waals surface area contributed by atoms with Gasteiger partial charge in [-0.25, -0.2) is 4.79 Å². The van der Waals surface area contributed by atoms with Gasteiger partial charge in [-0.05, 0) is 47.3 Å². The fraction of sp³-hybridized carbons (Fsp3) is 0.500. The van der Waals surface area contributed by atoms with Crippen LogP contribution in [0.2, 0.25) is 0 Å². The van der Waals surface area contributed by atoms with E-state index in [0.717, 1.165) is 5.56 Å². The molecule has 1 aromatic heterocycles. The molecule has 15 heavy (non-hydrogen) atoms. The minimum Gasteiger partial charge on any atom is -0.479 e. The third-order valence-electron chi connectivity index (χ3n) is 2.89. The maximum absolute atomic E-state index is 10.8. The predicted octanol–water partition coefficient (Wildman–Crippen LogP) is 1.83. The number of hydrogen-bond donors (Lipinski definition) is 2. The lowest BCUT2D eigenvalue weighted by Crippen LogP contribution is -2.33. The molecule has 0 aromatic carbocycles. The van der Waals surface area contributed by atoms with Gasteiger partial charge in [0.2, 0.25) is 0 Å². The maximum Gasteiger partial charge on any atom is 0.333 e. The van der Waals surface area contributed by atoms with E-state index in [4.69, 9.17) is 9.52 Å². The monoisotopic (exact) mass is 274 g/mol. The highest BCUT2D eigenvalue weighted by molar-refractivity contribution is 9.10. The number of carboxylic acids is 1. The van der Waals surface area contributed by atoms with Gasteiger partial charge in [0.1, 0.15) is 5.76 Å². The number of carboxylic acid groups (broad SMARTS) is 1. The van der Waals surface area contributed by atoms with Crippen molar-refractivity contribution < 1.29 is 19.4 Å². The van der Waals surface area contributed by atoms with Crippen molar-refractivity contribution in [2.45, 2.75) is 31.3 Å². The Kier molecular flexibility index (Phi) is 2.39. The molecule has 0 saturated heterocycles. The van der Waals surface area contributed by atoms with Crippen molar-refractivity contribution in [1.82, 2.24) is 0 Å². The summed E-state index contributed by atoms with van der Waals surface area (Å²) in [6.07, 6.45) is -0.0723. The van der Waals surface area contributed by atoms with Crippen LogP contribution in [0.25, 0.3) is 0 Å². The van der Waals surface area contributed by atoms with Gasteiger partial charge in [-0.15, -0.1) is 0 Å². The number of carbonyl (C=O) groups is 1. The Balaban J connectivity index is 2.38. The topological polar surface area (TPSA) is 70.7 Å². The number of aliphatic hydroxyl groups is 1. The van der Waals surface area contributed by atoms with Crippen molar-refractivity contribution >= 4 is 21.9 Å². The number of aliphatic carboxylic acids is 1. The predicted molar refractivity (Wildman–Crippen MR) is 55.7 cm³/mol. The van der Waals surface area contributed by atoms with Gasteiger partial charge in [0.05, 0.1) is 5.41 Å². The minimum atomic E-state index is -1.38. The van der Waals surface area contributed by atoms with Gasteiger partial charge < -0.3 is 14.6 Å². The molecule has 1 aliphatic rings. The average Bonchev–Trinajstić information content (AvgIpc) is 2.87. The summed E-state index contributed by atoms with van der Waals surface area (Å²) < 4.78 is 5.97. The summed E-state index contributed by atoms with van der Waals surface area (Å²) in [5.74, 6) is -0.608. The Bertz CT molecular complexity index is 406. The number of aliphatic hydroxyl groups excluding tert-OH is 1. The molecule has 1 heterocycles. The molecule has 82 valence electrons. The van der Waals surface area contributed by atoms with E-state index < -0.39 is 17.5 Å². The van der Waals surface area contributed by atoms with Gasteiger partial charge in [-0.3, -0.25) is 0 Å². The molecule has 2 N–H and O–H groups in total. The quantitative estimate of drug-likeness (QED) is 0.882. The lowest BCUT2D eigenvalue weighted by molar-refractivity contribution is -0.148. The molecule has 0 spiro atoms. The lowest BCUT2D eigenvalue weighted by atomic mass is 9.94. The minimum absolute atomic E-state index is 0.568. The molecule has 1 saturated carbocycles. The molecular formula is C10H11BrO4. The van der Waals surface area contributed by atoms with E-state index in [2.05, 4.69) is 15.9 Å². The van der Waals surface area contributed by atoms with E-state index in [1.165, 1.54) is 0 Å². The van der Waals surface area contributed by atoms with Gasteiger partial charge in [0.15, 0.2) is 10.8 Å². The van der Waals surface area contributed by atoms with Crippen molar-refractivity contribution in [2.24, 2.45) is 0 Å². The first-order chi connectivity index (χ1) is 6.97.